The standard InChI is InChI=1S/C17H29NO4/c1-12-10-21-11-14(9-15(19)13-7-5-6-8-13)18(12)16(20)22-17(2,3)4/h12-14H,5-11H2,1-4H3. The molecule has 22 heavy (non-hydrogen) atoms. The zero-order valence-electron chi connectivity index (χ0n) is 14.3. The molecule has 0 N–H and O–H groups in total. The first kappa shape index (κ1) is 17.3. The van der Waals surface area contributed by atoms with Crippen LogP contribution >= 0.6 is 0 Å². The van der Waals surface area contributed by atoms with Crippen LogP contribution in [-0.4, -0.2) is 47.7 Å². The molecule has 0 aromatic heterocycles. The Kier molecular flexibility index (Phi) is 5.48. The van der Waals surface area contributed by atoms with E-state index in [1.807, 2.05) is 27.7 Å². The van der Waals surface area contributed by atoms with Crippen LogP contribution in [-0.2, 0) is 14.3 Å². The van der Waals surface area contributed by atoms with Crippen LogP contribution in [0.1, 0.15) is 59.8 Å². The molecule has 1 saturated heterocycles. The second-order valence-electron chi connectivity index (χ2n) is 7.58. The molecule has 0 radical (unpaired) electrons. The molecule has 2 aliphatic rings. The van der Waals surface area contributed by atoms with Gasteiger partial charge in [-0.3, -0.25) is 9.69 Å². The summed E-state index contributed by atoms with van der Waals surface area (Å²) in [5.74, 6) is 0.450. The van der Waals surface area contributed by atoms with Crippen LogP contribution < -0.4 is 0 Å². The van der Waals surface area contributed by atoms with Gasteiger partial charge in [0.1, 0.15) is 11.4 Å². The zero-order valence-corrected chi connectivity index (χ0v) is 14.3. The van der Waals surface area contributed by atoms with Crippen LogP contribution in [0.5, 0.6) is 0 Å². The average Bonchev–Trinajstić information content (AvgIpc) is 2.90. The number of amides is 1. The second-order valence-corrected chi connectivity index (χ2v) is 7.58. The van der Waals surface area contributed by atoms with Crippen LogP contribution in [0.15, 0.2) is 0 Å². The maximum atomic E-state index is 12.5. The number of carbonyl (C=O) groups is 2. The number of hydrogen-bond donors (Lipinski definition) is 0. The van der Waals surface area contributed by atoms with Gasteiger partial charge >= 0.3 is 6.09 Å². The summed E-state index contributed by atoms with van der Waals surface area (Å²) in [6.45, 7) is 8.42. The molecule has 1 heterocycles. The molecule has 2 rings (SSSR count). The molecule has 2 fully saturated rings. The van der Waals surface area contributed by atoms with Crippen molar-refractivity contribution in [3.63, 3.8) is 0 Å². The summed E-state index contributed by atoms with van der Waals surface area (Å²) in [4.78, 5) is 26.6. The van der Waals surface area contributed by atoms with Gasteiger partial charge in [0.05, 0.1) is 25.3 Å². The van der Waals surface area contributed by atoms with Gasteiger partial charge in [-0.15, -0.1) is 0 Å². The highest BCUT2D eigenvalue weighted by Crippen LogP contribution is 2.29. The van der Waals surface area contributed by atoms with Gasteiger partial charge in [-0.1, -0.05) is 12.8 Å². The van der Waals surface area contributed by atoms with Crippen molar-refractivity contribution in [1.82, 2.24) is 4.90 Å². The first-order chi connectivity index (χ1) is 10.3. The van der Waals surface area contributed by atoms with Crippen LogP contribution in [0.3, 0.4) is 0 Å². The summed E-state index contributed by atoms with van der Waals surface area (Å²) in [6.07, 6.45) is 4.32. The number of rotatable bonds is 3. The minimum Gasteiger partial charge on any atom is -0.444 e. The summed E-state index contributed by atoms with van der Waals surface area (Å²) in [7, 11) is 0. The highest BCUT2D eigenvalue weighted by molar-refractivity contribution is 5.82. The van der Waals surface area contributed by atoms with E-state index >= 15 is 0 Å². The fourth-order valence-electron chi connectivity index (χ4n) is 3.34. The van der Waals surface area contributed by atoms with Gasteiger partial charge in [0.2, 0.25) is 0 Å². The van der Waals surface area contributed by atoms with Gasteiger partial charge in [-0.25, -0.2) is 4.79 Å². The van der Waals surface area contributed by atoms with Gasteiger partial charge in [0.15, 0.2) is 0 Å². The van der Waals surface area contributed by atoms with Crippen molar-refractivity contribution in [1.29, 1.82) is 0 Å². The summed E-state index contributed by atoms with van der Waals surface area (Å²) in [5, 5.41) is 0. The van der Waals surface area contributed by atoms with E-state index < -0.39 is 5.60 Å². The molecular formula is C17H29NO4. The molecular weight excluding hydrogens is 282 g/mol. The molecule has 0 bridgehead atoms. The van der Waals surface area contributed by atoms with E-state index in [2.05, 4.69) is 0 Å². The molecule has 2 atom stereocenters. The number of hydrogen-bond acceptors (Lipinski definition) is 4. The number of ketones is 1. The van der Waals surface area contributed by atoms with Crippen molar-refractivity contribution in [2.75, 3.05) is 13.2 Å². The van der Waals surface area contributed by atoms with E-state index in [0.29, 0.717) is 19.6 Å². The first-order valence-electron chi connectivity index (χ1n) is 8.39. The third-order valence-corrected chi connectivity index (χ3v) is 4.39. The summed E-state index contributed by atoms with van der Waals surface area (Å²) >= 11 is 0. The van der Waals surface area contributed by atoms with E-state index in [9.17, 15) is 9.59 Å². The minimum atomic E-state index is -0.533. The molecule has 0 aromatic carbocycles. The molecule has 5 heteroatoms. The van der Waals surface area contributed by atoms with Crippen LogP contribution in [0.2, 0.25) is 0 Å². The summed E-state index contributed by atoms with van der Waals surface area (Å²) in [5.41, 5.74) is -0.533. The highest BCUT2D eigenvalue weighted by atomic mass is 16.6. The lowest BCUT2D eigenvalue weighted by atomic mass is 9.95. The Hall–Kier alpha value is -1.10. The van der Waals surface area contributed by atoms with Crippen molar-refractivity contribution < 1.29 is 19.1 Å². The lowest BCUT2D eigenvalue weighted by Gasteiger charge is -2.40. The number of ether oxygens (including phenoxy) is 2. The Morgan fingerprint density at radius 3 is 2.41 bits per heavy atom. The lowest BCUT2D eigenvalue weighted by molar-refractivity contribution is -0.126. The van der Waals surface area contributed by atoms with E-state index in [1.165, 1.54) is 0 Å². The van der Waals surface area contributed by atoms with Crippen molar-refractivity contribution >= 4 is 11.9 Å². The molecule has 1 aliphatic carbocycles. The molecule has 1 aliphatic heterocycles. The zero-order chi connectivity index (χ0) is 16.3. The van der Waals surface area contributed by atoms with Gasteiger partial charge in [0, 0.05) is 12.3 Å². The molecule has 0 aromatic rings. The van der Waals surface area contributed by atoms with E-state index in [0.717, 1.165) is 25.7 Å². The van der Waals surface area contributed by atoms with Crippen molar-refractivity contribution in [2.24, 2.45) is 5.92 Å². The third-order valence-electron chi connectivity index (χ3n) is 4.39. The van der Waals surface area contributed by atoms with Gasteiger partial charge < -0.3 is 9.47 Å². The predicted octanol–water partition coefficient (Wildman–Crippen LogP) is 3.16. The topological polar surface area (TPSA) is 55.8 Å². The Morgan fingerprint density at radius 1 is 1.18 bits per heavy atom. The van der Waals surface area contributed by atoms with Gasteiger partial charge in [0.25, 0.3) is 0 Å². The van der Waals surface area contributed by atoms with Crippen molar-refractivity contribution in [3.05, 3.63) is 0 Å². The Balaban J connectivity index is 2.02. The molecule has 5 nitrogen and oxygen atoms in total. The third kappa shape index (κ3) is 4.45. The largest absolute Gasteiger partial charge is 0.444 e. The van der Waals surface area contributed by atoms with Crippen LogP contribution in [0.25, 0.3) is 0 Å². The fourth-order valence-corrected chi connectivity index (χ4v) is 3.34. The first-order valence-corrected chi connectivity index (χ1v) is 8.39. The Bertz CT molecular complexity index is 409. The van der Waals surface area contributed by atoms with Crippen molar-refractivity contribution in [2.45, 2.75) is 77.5 Å². The van der Waals surface area contributed by atoms with Gasteiger partial charge in [-0.05, 0) is 40.5 Å². The highest BCUT2D eigenvalue weighted by Gasteiger charge is 2.37. The molecule has 0 spiro atoms. The predicted molar refractivity (Wildman–Crippen MR) is 83.7 cm³/mol. The second kappa shape index (κ2) is 6.99. The Morgan fingerprint density at radius 2 is 1.82 bits per heavy atom. The molecule has 1 saturated carbocycles. The van der Waals surface area contributed by atoms with Crippen LogP contribution in [0.4, 0.5) is 4.79 Å². The number of nitrogens with zero attached hydrogens (tertiary/aromatic N) is 1. The SMILES string of the molecule is CC1COCC(CC(=O)C2CCCC2)N1C(=O)OC(C)(C)C. The molecule has 126 valence electrons. The monoisotopic (exact) mass is 311 g/mol. The Labute approximate surface area is 133 Å². The van der Waals surface area contributed by atoms with Gasteiger partial charge in [-0.2, -0.15) is 0 Å². The van der Waals surface area contributed by atoms with Crippen LogP contribution in [0, 0.1) is 5.92 Å². The van der Waals surface area contributed by atoms with E-state index in [1.54, 1.807) is 4.90 Å². The average molecular weight is 311 g/mol. The lowest BCUT2D eigenvalue weighted by Crippen LogP contribution is -2.55. The normalized spacial score (nSPS) is 27.0. The molecule has 2 unspecified atom stereocenters. The summed E-state index contributed by atoms with van der Waals surface area (Å²) in [6, 6.07) is -0.267. The van der Waals surface area contributed by atoms with E-state index in [-0.39, 0.29) is 29.9 Å². The van der Waals surface area contributed by atoms with Crippen molar-refractivity contribution in [3.8, 4) is 0 Å². The summed E-state index contributed by atoms with van der Waals surface area (Å²) < 4.78 is 11.1. The smallest absolute Gasteiger partial charge is 0.410 e. The fraction of sp³-hybridized carbons (Fsp3) is 0.882. The maximum absolute atomic E-state index is 12.5. The van der Waals surface area contributed by atoms with E-state index in [4.69, 9.17) is 9.47 Å². The molecule has 1 amide bonds. The number of Topliss-reactive ketones (excluding diaryl/α,β-unsaturated/α-hetero) is 1. The minimum absolute atomic E-state index is 0.0648. The maximum Gasteiger partial charge on any atom is 0.410 e. The number of morpholine rings is 1. The quantitative estimate of drug-likeness (QED) is 0.803. The number of carbonyl (C=O) groups excluding carboxylic acids is 2.